The van der Waals surface area contributed by atoms with Gasteiger partial charge >= 0.3 is 0 Å². The summed E-state index contributed by atoms with van der Waals surface area (Å²) in [7, 11) is -1.78. The van der Waals surface area contributed by atoms with E-state index in [-0.39, 0.29) is 0 Å². The van der Waals surface area contributed by atoms with Crippen molar-refractivity contribution in [3.63, 3.8) is 0 Å². The van der Waals surface area contributed by atoms with Crippen LogP contribution >= 0.6 is 0 Å². The van der Waals surface area contributed by atoms with Gasteiger partial charge in [-0.1, -0.05) is 144 Å². The number of fused-ring (bicyclic) bond motifs is 24. The van der Waals surface area contributed by atoms with Crippen LogP contribution in [0.15, 0.2) is 78.9 Å². The second-order valence-electron chi connectivity index (χ2n) is 31.2. The first-order chi connectivity index (χ1) is 52.9. The average molecular weight is 1440 g/mol. The summed E-state index contributed by atoms with van der Waals surface area (Å²) in [5, 5.41) is 0. The van der Waals surface area contributed by atoms with Gasteiger partial charge in [0.05, 0.1) is 79.4 Å². The molecule has 550 valence electrons. The summed E-state index contributed by atoms with van der Waals surface area (Å²) in [5.74, 6) is 3.71. The number of hydrogen-bond acceptors (Lipinski definition) is 6. The molecule has 0 atom stereocenters. The van der Waals surface area contributed by atoms with Gasteiger partial charge in [0.1, 0.15) is 8.07 Å². The summed E-state index contributed by atoms with van der Waals surface area (Å²) in [4.78, 5) is 58.8. The number of aromatic amines is 6. The van der Waals surface area contributed by atoms with Crippen LogP contribution in [-0.2, 0) is 38.5 Å². The van der Waals surface area contributed by atoms with Crippen LogP contribution in [-0.4, -0.2) is 67.9 Å². The van der Waals surface area contributed by atoms with E-state index in [0.717, 1.165) is 328 Å². The van der Waals surface area contributed by atoms with Gasteiger partial charge in [-0.2, -0.15) is 0 Å². The number of H-pyrrole nitrogens is 6. The number of unbranched alkanes of at least 4 members (excludes halogenated alkanes) is 12. The van der Waals surface area contributed by atoms with Crippen molar-refractivity contribution in [2.75, 3.05) is 0 Å². The van der Waals surface area contributed by atoms with Gasteiger partial charge in [0.25, 0.3) is 0 Å². The minimum Gasteiger partial charge on any atom is -0.355 e. The van der Waals surface area contributed by atoms with Crippen LogP contribution in [0, 0.1) is 11.5 Å². The summed E-state index contributed by atoms with van der Waals surface area (Å²) < 4.78 is 0. The molecule has 12 nitrogen and oxygen atoms in total. The standard InChI is InChI=1S/C95H106N12Si/c1-10-16-22-28-63-70-36-34-61(96-70)60-62-35-37-71(97-62)64(29-23-17-11-2)75-43-51-85(101-75)92(84-50-42-74(63)100-84)94-88-54-46-78(104-88)67(32-26-20-14-5)80-48-56-90(106-80)95(91-57-49-81(107-91)68(33-27-21-15-6)79-47-55-89(94)105-79)93-86-52-44-76(102-86)65(30-24-18-12-3)72-38-40-82(98-72)69(58-59-108(7,8)9)83-41-39-73(99-83)66(31-25-19-13-4)77-45-53-87(93)103-77/h34-57,60,96,98,101,103-104,107H,10-33H2,1-9H3. The normalized spacial score (nSPS) is 12.9. The molecular weight excluding hydrogens is 1340 g/mol. The Bertz CT molecular complexity index is 5710. The Morgan fingerprint density at radius 3 is 0.833 bits per heavy atom. The molecule has 0 saturated carbocycles. The van der Waals surface area contributed by atoms with Crippen LogP contribution in [0.1, 0.15) is 264 Å². The highest BCUT2D eigenvalue weighted by atomic mass is 28.3. The van der Waals surface area contributed by atoms with Gasteiger partial charge in [-0.05, 0) is 229 Å². The number of hydrogen-bond donors (Lipinski definition) is 6. The Labute approximate surface area is 638 Å². The van der Waals surface area contributed by atoms with Crippen molar-refractivity contribution in [2.45, 2.75) is 215 Å². The largest absolute Gasteiger partial charge is 0.355 e. The number of aromatic nitrogens is 12. The van der Waals surface area contributed by atoms with Crippen molar-refractivity contribution >= 4 is 147 Å². The third kappa shape index (κ3) is 15.7. The SMILES string of the molecule is CCCCCc1c2nc(c(-c3c4nc(c(CCCCC)c5ccc([nH]5)c(-c5c6nc(c(CCCCC)c7ccc([nH]7)c(C#C[Si](C)(C)C)c7nc(c(CCCCC)c8ccc5[nH]8)C=C7)C=C6)c5nc(c(CCCCC)c6ccc3[nH]6)C=C5)C=C4)c3ccc([nH]3)c(CCCCC)c3nc(cc4ccc1[nH]4)C=C3)C=C2. The van der Waals surface area contributed by atoms with Gasteiger partial charge in [0, 0.05) is 116 Å². The van der Waals surface area contributed by atoms with Gasteiger partial charge in [-0.15, -0.1) is 5.54 Å². The van der Waals surface area contributed by atoms with Crippen molar-refractivity contribution in [1.29, 1.82) is 0 Å². The Hall–Kier alpha value is -10.4. The maximum atomic E-state index is 5.95. The summed E-state index contributed by atoms with van der Waals surface area (Å²) >= 11 is 0. The molecule has 0 amide bonds. The van der Waals surface area contributed by atoms with Crippen molar-refractivity contribution in [3.05, 3.63) is 186 Å². The predicted octanol–water partition coefficient (Wildman–Crippen LogP) is 25.6. The average Bonchev–Trinajstić information content (AvgIpc) is 1.61. The first-order valence-electron chi connectivity index (χ1n) is 40.8. The lowest BCUT2D eigenvalue weighted by molar-refractivity contribution is 0.717. The topological polar surface area (TPSA) is 172 Å². The molecule has 6 N–H and O–H groups in total. The van der Waals surface area contributed by atoms with E-state index < -0.39 is 8.07 Å². The number of aryl methyl sites for hydroxylation is 6. The van der Waals surface area contributed by atoms with E-state index in [4.69, 9.17) is 29.9 Å². The molecule has 0 aromatic carbocycles. The van der Waals surface area contributed by atoms with E-state index in [1.807, 2.05) is 0 Å². The van der Waals surface area contributed by atoms with E-state index in [2.05, 4.69) is 254 Å². The second-order valence-corrected chi connectivity index (χ2v) is 36.0. The van der Waals surface area contributed by atoms with E-state index in [1.165, 1.54) is 22.3 Å². The highest BCUT2D eigenvalue weighted by Crippen LogP contribution is 2.42. The lowest BCUT2D eigenvalue weighted by atomic mass is 10.0. The van der Waals surface area contributed by atoms with Crippen LogP contribution in [0.5, 0.6) is 0 Å². The number of nitrogens with one attached hydrogen (secondary N) is 6. The molecular formula is C95H106N12Si. The van der Waals surface area contributed by atoms with Crippen LogP contribution in [0.25, 0.3) is 161 Å². The monoisotopic (exact) mass is 1440 g/mol. The molecule has 24 bridgehead atoms. The number of rotatable bonds is 26. The van der Waals surface area contributed by atoms with E-state index in [9.17, 15) is 0 Å². The quantitative estimate of drug-likeness (QED) is 0.0179. The van der Waals surface area contributed by atoms with Crippen molar-refractivity contribution < 1.29 is 0 Å². The first kappa shape index (κ1) is 73.1. The Balaban J connectivity index is 1.05. The molecule has 0 saturated heterocycles. The zero-order valence-corrected chi connectivity index (χ0v) is 66.1. The molecule has 0 unspecified atom stereocenters. The molecule has 0 radical (unpaired) electrons. The molecule has 6 aliphatic heterocycles. The first-order valence-corrected chi connectivity index (χ1v) is 44.3. The summed E-state index contributed by atoms with van der Waals surface area (Å²) in [6.45, 7) is 20.6. The maximum absolute atomic E-state index is 5.95. The highest BCUT2D eigenvalue weighted by Gasteiger charge is 2.26. The Kier molecular flexibility index (Phi) is 22.3. The lowest BCUT2D eigenvalue weighted by Crippen LogP contribution is -2.16. The minimum atomic E-state index is -1.78. The molecule has 15 heterocycles. The minimum absolute atomic E-state index is 0.823. The molecule has 0 aliphatic carbocycles. The van der Waals surface area contributed by atoms with Gasteiger partial charge in [-0.25, -0.2) is 29.9 Å². The predicted molar refractivity (Wildman–Crippen MR) is 464 cm³/mol. The smallest absolute Gasteiger partial charge is 0.129 e. The van der Waals surface area contributed by atoms with Crippen LogP contribution < -0.4 is 0 Å². The van der Waals surface area contributed by atoms with Gasteiger partial charge in [-0.3, -0.25) is 0 Å². The van der Waals surface area contributed by atoms with E-state index in [0.29, 0.717) is 0 Å². The zero-order valence-electron chi connectivity index (χ0n) is 65.1. The molecule has 6 aliphatic rings. The highest BCUT2D eigenvalue weighted by molar-refractivity contribution is 6.84. The van der Waals surface area contributed by atoms with Crippen LogP contribution in [0.4, 0.5) is 0 Å². The van der Waals surface area contributed by atoms with E-state index >= 15 is 0 Å². The molecule has 13 heteroatoms. The second kappa shape index (κ2) is 33.0. The Morgan fingerprint density at radius 2 is 0.509 bits per heavy atom. The van der Waals surface area contributed by atoms with E-state index in [1.54, 1.807) is 0 Å². The molecule has 108 heavy (non-hydrogen) atoms. The summed E-state index contributed by atoms with van der Waals surface area (Å²) in [5.41, 5.74) is 38.9. The lowest BCUT2D eigenvalue weighted by Gasteiger charge is -2.09. The van der Waals surface area contributed by atoms with Crippen molar-refractivity contribution in [1.82, 2.24) is 59.8 Å². The Morgan fingerprint density at radius 1 is 0.259 bits per heavy atom. The summed E-state index contributed by atoms with van der Waals surface area (Å²) in [6.07, 6.45) is 51.5. The van der Waals surface area contributed by atoms with Crippen LogP contribution in [0.3, 0.4) is 0 Å². The molecule has 0 fully saturated rings. The fourth-order valence-electron chi connectivity index (χ4n) is 16.2. The fourth-order valence-corrected chi connectivity index (χ4v) is 16.7. The molecule has 15 rings (SSSR count). The molecule has 9 aromatic heterocycles. The van der Waals surface area contributed by atoms with Gasteiger partial charge < -0.3 is 29.9 Å². The van der Waals surface area contributed by atoms with Gasteiger partial charge in [0.2, 0.25) is 0 Å². The molecule has 9 aromatic rings. The van der Waals surface area contributed by atoms with Gasteiger partial charge in [0.15, 0.2) is 0 Å². The third-order valence-electron chi connectivity index (χ3n) is 22.0. The maximum Gasteiger partial charge on any atom is 0.129 e. The molecule has 0 spiro atoms. The zero-order chi connectivity index (χ0) is 74.3. The fraction of sp³-hybridized carbons (Fsp3) is 0.347. The van der Waals surface area contributed by atoms with Crippen molar-refractivity contribution in [2.24, 2.45) is 0 Å². The van der Waals surface area contributed by atoms with Crippen molar-refractivity contribution in [3.8, 4) is 33.7 Å². The third-order valence-corrected chi connectivity index (χ3v) is 22.9. The number of nitrogens with zero attached hydrogens (tertiary/aromatic N) is 6. The summed E-state index contributed by atoms with van der Waals surface area (Å²) in [6, 6.07) is 29.3. The van der Waals surface area contributed by atoms with Crippen LogP contribution in [0.2, 0.25) is 19.6 Å².